The van der Waals surface area contributed by atoms with Gasteiger partial charge in [0.15, 0.2) is 0 Å². The first-order valence-corrected chi connectivity index (χ1v) is 12.5. The fraction of sp³-hybridized carbons (Fsp3) is 0.143. The Morgan fingerprint density at radius 2 is 2.00 bits per heavy atom. The minimum atomic E-state index is -3.73. The van der Waals surface area contributed by atoms with Crippen LogP contribution in [0.2, 0.25) is 5.02 Å². The first-order chi connectivity index (χ1) is 14.7. The molecule has 160 valence electrons. The molecule has 6 nitrogen and oxygen atoms in total. The van der Waals surface area contributed by atoms with Crippen LogP contribution in [0.1, 0.15) is 27.2 Å². The van der Waals surface area contributed by atoms with E-state index in [0.717, 1.165) is 5.56 Å². The lowest BCUT2D eigenvalue weighted by atomic mass is 10.1. The van der Waals surface area contributed by atoms with Crippen molar-refractivity contribution in [1.29, 1.82) is 5.26 Å². The van der Waals surface area contributed by atoms with E-state index in [-0.39, 0.29) is 11.0 Å². The quantitative estimate of drug-likeness (QED) is 0.402. The third kappa shape index (κ3) is 4.80. The number of amides is 1. The average Bonchev–Trinajstić information content (AvgIpc) is 3.16. The summed E-state index contributed by atoms with van der Waals surface area (Å²) < 4.78 is 19.8. The van der Waals surface area contributed by atoms with Crippen LogP contribution in [-0.4, -0.2) is 18.0 Å². The minimum Gasteiger partial charge on any atom is -0.364 e. The molecule has 0 aliphatic carbocycles. The Bertz CT molecular complexity index is 1280. The maximum atomic E-state index is 14.2. The largest absolute Gasteiger partial charge is 0.364 e. The summed E-state index contributed by atoms with van der Waals surface area (Å²) in [6.07, 6.45) is 2.95. The predicted molar refractivity (Wildman–Crippen MR) is 132 cm³/mol. The van der Waals surface area contributed by atoms with Crippen LogP contribution in [0.3, 0.4) is 0 Å². The van der Waals surface area contributed by atoms with Crippen molar-refractivity contribution in [3.63, 3.8) is 0 Å². The maximum Gasteiger partial charge on any atom is 0.266 e. The fourth-order valence-electron chi connectivity index (χ4n) is 3.40. The lowest BCUT2D eigenvalue weighted by Crippen LogP contribution is -2.26. The van der Waals surface area contributed by atoms with E-state index in [4.69, 9.17) is 27.1 Å². The van der Waals surface area contributed by atoms with Crippen molar-refractivity contribution in [2.45, 2.75) is 13.8 Å². The average molecular weight is 492 g/mol. The number of benzene rings is 2. The monoisotopic (exact) mass is 491 g/mol. The standard InChI is InChI=1S/C21H19ClN3O3P.HPS/c1-12-9-14(5-4-8-23)11-15(10-12)29(27,28-3)20-18-13(2)16(22)6-7-17(18)25-19(20)21(24)26;1-2/h4-7,9-11,25H,1-3H3,(H2,24,26);1H/b5-4+;/t29-;/m1./s1. The molecule has 0 spiro atoms. The van der Waals surface area contributed by atoms with E-state index < -0.39 is 13.3 Å². The molecule has 0 unspecified atom stereocenters. The highest BCUT2D eigenvalue weighted by atomic mass is 35.5. The van der Waals surface area contributed by atoms with Gasteiger partial charge in [0.1, 0.15) is 5.69 Å². The van der Waals surface area contributed by atoms with E-state index in [9.17, 15) is 9.36 Å². The second-order valence-electron chi connectivity index (χ2n) is 6.61. The van der Waals surface area contributed by atoms with Crippen LogP contribution < -0.4 is 16.3 Å². The van der Waals surface area contributed by atoms with Crippen LogP contribution in [0.4, 0.5) is 0 Å². The number of halogens is 1. The van der Waals surface area contributed by atoms with E-state index in [0.29, 0.717) is 32.4 Å². The van der Waals surface area contributed by atoms with E-state index in [2.05, 4.69) is 24.8 Å². The molecule has 3 aromatic rings. The summed E-state index contributed by atoms with van der Waals surface area (Å²) in [5.41, 5.74) is 8.38. The number of nitrogens with zero attached hydrogens (tertiary/aromatic N) is 1. The summed E-state index contributed by atoms with van der Waals surface area (Å²) in [6.45, 7) is 3.63. The highest BCUT2D eigenvalue weighted by Gasteiger charge is 2.36. The van der Waals surface area contributed by atoms with Crippen LogP contribution in [0.25, 0.3) is 17.0 Å². The summed E-state index contributed by atoms with van der Waals surface area (Å²) in [5.74, 6) is -0.749. The third-order valence-electron chi connectivity index (χ3n) is 4.70. The lowest BCUT2D eigenvalue weighted by Gasteiger charge is -2.19. The van der Waals surface area contributed by atoms with Crippen molar-refractivity contribution in [2.75, 3.05) is 7.11 Å². The van der Waals surface area contributed by atoms with Gasteiger partial charge in [0.2, 0.25) is 0 Å². The number of primary amides is 1. The molecule has 1 atom stereocenters. The molecule has 0 radical (unpaired) electrons. The first-order valence-electron chi connectivity index (χ1n) is 8.88. The molecule has 0 aliphatic rings. The molecular weight excluding hydrogens is 472 g/mol. The molecule has 31 heavy (non-hydrogen) atoms. The summed E-state index contributed by atoms with van der Waals surface area (Å²) in [5, 5.41) is 10.4. The van der Waals surface area contributed by atoms with E-state index in [1.54, 1.807) is 37.3 Å². The van der Waals surface area contributed by atoms with Gasteiger partial charge in [0.05, 0.1) is 11.4 Å². The second-order valence-corrected chi connectivity index (χ2v) is 9.45. The summed E-state index contributed by atoms with van der Waals surface area (Å²) >= 11 is 10.2. The molecule has 1 heterocycles. The highest BCUT2D eigenvalue weighted by Crippen LogP contribution is 2.48. The number of aromatic nitrogens is 1. The molecule has 0 fully saturated rings. The molecule has 0 bridgehead atoms. The summed E-state index contributed by atoms with van der Waals surface area (Å²) in [7, 11) is 0.152. The Kier molecular flexibility index (Phi) is 8.31. The SMILES string of the molecule is CO[P@](=O)(c1cc(C)cc(/C=C/C#N)c1)c1c(C(N)=O)[nH]c2ccc(Cl)c(C)c12.P=S. The molecule has 0 aliphatic heterocycles. The third-order valence-corrected chi connectivity index (χ3v) is 7.60. The van der Waals surface area contributed by atoms with Crippen LogP contribution >= 0.6 is 27.0 Å². The number of hydrogen-bond acceptors (Lipinski definition) is 5. The summed E-state index contributed by atoms with van der Waals surface area (Å²) in [4.78, 5) is 15.2. The minimum absolute atomic E-state index is 0.0196. The van der Waals surface area contributed by atoms with E-state index >= 15 is 0 Å². The highest BCUT2D eigenvalue weighted by molar-refractivity contribution is 7.88. The van der Waals surface area contributed by atoms with Crippen LogP contribution in [0.5, 0.6) is 0 Å². The van der Waals surface area contributed by atoms with Gasteiger partial charge in [0.25, 0.3) is 13.3 Å². The number of allylic oxidation sites excluding steroid dienone is 1. The zero-order valence-corrected chi connectivity index (χ0v) is 20.5. The number of H-pyrrole nitrogens is 1. The molecule has 0 saturated heterocycles. The Balaban J connectivity index is 0.00000166. The Morgan fingerprint density at radius 3 is 2.58 bits per heavy atom. The van der Waals surface area contributed by atoms with Crippen LogP contribution in [0, 0.1) is 25.2 Å². The number of carbonyl (C=O) groups excluding carboxylic acids is 1. The number of nitrogens with one attached hydrogen (secondary N) is 1. The van der Waals surface area contributed by atoms with Crippen molar-refractivity contribution in [2.24, 2.45) is 5.73 Å². The topological polar surface area (TPSA) is 109 Å². The second kappa shape index (κ2) is 10.3. The molecular formula is C21H20ClN3O3P2S. The van der Waals surface area contributed by atoms with Crippen LogP contribution in [0.15, 0.2) is 36.4 Å². The van der Waals surface area contributed by atoms with Gasteiger partial charge >= 0.3 is 0 Å². The van der Waals surface area contributed by atoms with Gasteiger partial charge in [-0.25, -0.2) is 0 Å². The van der Waals surface area contributed by atoms with Crippen molar-refractivity contribution in [3.8, 4) is 6.07 Å². The van der Waals surface area contributed by atoms with E-state index in [1.165, 1.54) is 13.2 Å². The number of nitriles is 1. The van der Waals surface area contributed by atoms with Gasteiger partial charge in [-0.15, -0.1) is 0 Å². The summed E-state index contributed by atoms with van der Waals surface area (Å²) in [6, 6.07) is 10.6. The van der Waals surface area contributed by atoms with Gasteiger partial charge in [-0.2, -0.15) is 5.26 Å². The molecule has 1 amide bonds. The van der Waals surface area contributed by atoms with Crippen molar-refractivity contribution < 1.29 is 13.9 Å². The number of fused-ring (bicyclic) bond motifs is 1. The van der Waals surface area contributed by atoms with Gasteiger partial charge in [-0.3, -0.25) is 9.36 Å². The fourth-order valence-corrected chi connectivity index (χ4v) is 5.95. The van der Waals surface area contributed by atoms with Crippen LogP contribution in [-0.2, 0) is 20.9 Å². The molecule has 3 rings (SSSR count). The smallest absolute Gasteiger partial charge is 0.266 e. The number of hydrogen-bond donors (Lipinski definition) is 2. The Morgan fingerprint density at radius 1 is 1.32 bits per heavy atom. The first kappa shape index (κ1) is 24.9. The van der Waals surface area contributed by atoms with Gasteiger partial charge in [-0.05, 0) is 68.9 Å². The zero-order valence-electron chi connectivity index (χ0n) is 17.0. The van der Waals surface area contributed by atoms with Gasteiger partial charge in [0, 0.05) is 34.4 Å². The van der Waals surface area contributed by atoms with Gasteiger partial charge < -0.3 is 15.2 Å². The zero-order chi connectivity index (χ0) is 23.3. The lowest BCUT2D eigenvalue weighted by molar-refractivity contribution is 0.0997. The van der Waals surface area contributed by atoms with E-state index in [1.807, 2.05) is 19.1 Å². The predicted octanol–water partition coefficient (Wildman–Crippen LogP) is 4.54. The molecule has 2 aromatic carbocycles. The maximum absolute atomic E-state index is 14.2. The number of rotatable bonds is 5. The number of aryl methyl sites for hydroxylation is 2. The number of nitrogens with two attached hydrogens (primary N) is 1. The van der Waals surface area contributed by atoms with Crippen molar-refractivity contribution in [3.05, 3.63) is 63.8 Å². The number of aromatic amines is 1. The number of carbonyl (C=O) groups is 1. The Labute approximate surface area is 192 Å². The molecule has 1 aromatic heterocycles. The van der Waals surface area contributed by atoms with Crippen molar-refractivity contribution >= 4 is 72.3 Å². The van der Waals surface area contributed by atoms with Crippen molar-refractivity contribution in [1.82, 2.24) is 4.98 Å². The molecule has 3 N–H and O–H groups in total. The Hall–Kier alpha value is -2.32. The molecule has 10 heteroatoms. The normalized spacial score (nSPS) is 12.7. The molecule has 0 saturated carbocycles. The van der Waals surface area contributed by atoms with Gasteiger partial charge in [-0.1, -0.05) is 29.5 Å².